The molecule has 28 heavy (non-hydrogen) atoms. The number of ether oxygens (including phenoxy) is 1. The number of carbonyl (C=O) groups is 1. The van der Waals surface area contributed by atoms with Crippen molar-refractivity contribution in [2.24, 2.45) is 0 Å². The predicted molar refractivity (Wildman–Crippen MR) is 104 cm³/mol. The Morgan fingerprint density at radius 2 is 2.21 bits per heavy atom. The standard InChI is InChI=1S/C20H16ClFN2O4/c1-10-9-28-19-14(7-23-12-4-2-3-11(21)5-12)16(22)6-13-17(19)24(10)8-15(18(13)25)20(26)27/h2-6,8,10,23H,7,9H2,1H3,(H,26,27)/t10-/m0/s1. The normalized spacial score (nSPS) is 15.3. The molecule has 2 aromatic carbocycles. The molecule has 6 nitrogen and oxygen atoms in total. The molecule has 0 spiro atoms. The monoisotopic (exact) mass is 402 g/mol. The van der Waals surface area contributed by atoms with Crippen molar-refractivity contribution < 1.29 is 19.0 Å². The number of hydrogen-bond donors (Lipinski definition) is 2. The number of benzene rings is 2. The maximum Gasteiger partial charge on any atom is 0.341 e. The van der Waals surface area contributed by atoms with Crippen LogP contribution in [-0.4, -0.2) is 22.2 Å². The SMILES string of the molecule is C[C@H]1COc2c(CNc3cccc(Cl)c3)c(F)cc3c(=O)c(C(=O)O)cn1c23. The van der Waals surface area contributed by atoms with E-state index in [1.54, 1.807) is 28.8 Å². The summed E-state index contributed by atoms with van der Waals surface area (Å²) in [6, 6.07) is 7.90. The first-order valence-corrected chi connectivity index (χ1v) is 9.00. The van der Waals surface area contributed by atoms with E-state index in [1.165, 1.54) is 6.20 Å². The second kappa shape index (κ2) is 6.83. The highest BCUT2D eigenvalue weighted by atomic mass is 35.5. The van der Waals surface area contributed by atoms with Gasteiger partial charge in [-0.15, -0.1) is 0 Å². The molecule has 0 saturated heterocycles. The van der Waals surface area contributed by atoms with E-state index in [-0.39, 0.29) is 35.9 Å². The van der Waals surface area contributed by atoms with Crippen molar-refractivity contribution in [1.82, 2.24) is 4.57 Å². The number of nitrogens with zero attached hydrogens (tertiary/aromatic N) is 1. The molecular formula is C20H16ClFN2O4. The molecule has 1 aliphatic heterocycles. The van der Waals surface area contributed by atoms with Gasteiger partial charge in [-0.05, 0) is 31.2 Å². The van der Waals surface area contributed by atoms with E-state index in [9.17, 15) is 19.1 Å². The summed E-state index contributed by atoms with van der Waals surface area (Å²) in [7, 11) is 0. The van der Waals surface area contributed by atoms with E-state index in [1.807, 2.05) is 6.92 Å². The van der Waals surface area contributed by atoms with Gasteiger partial charge >= 0.3 is 5.97 Å². The van der Waals surface area contributed by atoms with Crippen molar-refractivity contribution in [3.8, 4) is 5.75 Å². The van der Waals surface area contributed by atoms with E-state index >= 15 is 0 Å². The molecule has 2 N–H and O–H groups in total. The second-order valence-corrected chi connectivity index (χ2v) is 7.11. The highest BCUT2D eigenvalue weighted by Crippen LogP contribution is 2.36. The zero-order valence-electron chi connectivity index (χ0n) is 14.8. The molecule has 4 rings (SSSR count). The fourth-order valence-electron chi connectivity index (χ4n) is 3.39. The molecule has 0 aliphatic carbocycles. The smallest absolute Gasteiger partial charge is 0.341 e. The van der Waals surface area contributed by atoms with Crippen LogP contribution in [0, 0.1) is 5.82 Å². The number of aromatic carboxylic acids is 1. The minimum absolute atomic E-state index is 0.00884. The number of aromatic nitrogens is 1. The summed E-state index contributed by atoms with van der Waals surface area (Å²) in [5, 5.41) is 12.9. The van der Waals surface area contributed by atoms with Gasteiger partial charge < -0.3 is 19.7 Å². The summed E-state index contributed by atoms with van der Waals surface area (Å²) in [5.41, 5.74) is 0.248. The van der Waals surface area contributed by atoms with Crippen molar-refractivity contribution in [2.45, 2.75) is 19.5 Å². The van der Waals surface area contributed by atoms with Crippen molar-refractivity contribution >= 4 is 34.2 Å². The van der Waals surface area contributed by atoms with Gasteiger partial charge in [0.15, 0.2) is 5.75 Å². The van der Waals surface area contributed by atoms with Gasteiger partial charge in [-0.2, -0.15) is 0 Å². The molecule has 0 saturated carbocycles. The average Bonchev–Trinajstić information content (AvgIpc) is 2.65. The first-order chi connectivity index (χ1) is 13.4. The van der Waals surface area contributed by atoms with E-state index in [4.69, 9.17) is 16.3 Å². The molecule has 2 heterocycles. The van der Waals surface area contributed by atoms with Gasteiger partial charge in [0.05, 0.1) is 22.5 Å². The summed E-state index contributed by atoms with van der Waals surface area (Å²) in [5.74, 6) is -1.74. The predicted octanol–water partition coefficient (Wildman–Crippen LogP) is 4.06. The Labute approximate surface area is 164 Å². The molecule has 1 atom stereocenters. The van der Waals surface area contributed by atoms with Crippen LogP contribution in [0.25, 0.3) is 10.9 Å². The first kappa shape index (κ1) is 18.3. The molecular weight excluding hydrogens is 387 g/mol. The van der Waals surface area contributed by atoms with Gasteiger partial charge in [-0.1, -0.05) is 17.7 Å². The van der Waals surface area contributed by atoms with Crippen LogP contribution in [0.2, 0.25) is 5.02 Å². The Morgan fingerprint density at radius 3 is 2.93 bits per heavy atom. The van der Waals surface area contributed by atoms with Crippen LogP contribution in [0.5, 0.6) is 5.75 Å². The van der Waals surface area contributed by atoms with Crippen molar-refractivity contribution in [3.63, 3.8) is 0 Å². The van der Waals surface area contributed by atoms with Crippen molar-refractivity contribution in [1.29, 1.82) is 0 Å². The summed E-state index contributed by atoms with van der Waals surface area (Å²) in [6.45, 7) is 2.18. The van der Waals surface area contributed by atoms with Crippen LogP contribution < -0.4 is 15.5 Å². The lowest BCUT2D eigenvalue weighted by Gasteiger charge is -2.28. The lowest BCUT2D eigenvalue weighted by atomic mass is 10.0. The van der Waals surface area contributed by atoms with E-state index in [0.717, 1.165) is 6.07 Å². The fraction of sp³-hybridized carbons (Fsp3) is 0.200. The number of pyridine rings is 1. The van der Waals surface area contributed by atoms with E-state index < -0.39 is 22.8 Å². The first-order valence-electron chi connectivity index (χ1n) is 8.62. The maximum absolute atomic E-state index is 14.9. The molecule has 1 aromatic heterocycles. The summed E-state index contributed by atoms with van der Waals surface area (Å²) < 4.78 is 22.3. The zero-order chi connectivity index (χ0) is 20.0. The van der Waals surface area contributed by atoms with Crippen molar-refractivity contribution in [3.05, 3.63) is 68.7 Å². The van der Waals surface area contributed by atoms with E-state index in [0.29, 0.717) is 16.2 Å². The number of hydrogen-bond acceptors (Lipinski definition) is 4. The van der Waals surface area contributed by atoms with Crippen LogP contribution in [0.3, 0.4) is 0 Å². The zero-order valence-corrected chi connectivity index (χ0v) is 15.6. The van der Waals surface area contributed by atoms with Gasteiger partial charge in [-0.25, -0.2) is 9.18 Å². The number of anilines is 1. The molecule has 0 bridgehead atoms. The molecule has 144 valence electrons. The summed E-state index contributed by atoms with van der Waals surface area (Å²) >= 11 is 5.97. The maximum atomic E-state index is 14.9. The van der Waals surface area contributed by atoms with Gasteiger partial charge in [-0.3, -0.25) is 4.79 Å². The summed E-state index contributed by atoms with van der Waals surface area (Å²) in [4.78, 5) is 24.0. The molecule has 0 fully saturated rings. The molecule has 0 radical (unpaired) electrons. The lowest BCUT2D eigenvalue weighted by Crippen LogP contribution is -2.27. The fourth-order valence-corrected chi connectivity index (χ4v) is 3.58. The molecule has 0 unspecified atom stereocenters. The topological polar surface area (TPSA) is 80.6 Å². The lowest BCUT2D eigenvalue weighted by molar-refractivity contribution is 0.0694. The van der Waals surface area contributed by atoms with Crippen LogP contribution in [0.1, 0.15) is 28.9 Å². The average molecular weight is 403 g/mol. The quantitative estimate of drug-likeness (QED) is 0.688. The third kappa shape index (κ3) is 2.97. The van der Waals surface area contributed by atoms with Gasteiger partial charge in [0.25, 0.3) is 0 Å². The molecule has 0 amide bonds. The minimum Gasteiger partial charge on any atom is -0.489 e. The number of halogens is 2. The third-order valence-corrected chi connectivity index (χ3v) is 5.02. The number of carboxylic acid groups (broad SMARTS) is 1. The Hall–Kier alpha value is -3.06. The highest BCUT2D eigenvalue weighted by Gasteiger charge is 2.27. The van der Waals surface area contributed by atoms with Gasteiger partial charge in [0.2, 0.25) is 5.43 Å². The van der Waals surface area contributed by atoms with Crippen molar-refractivity contribution in [2.75, 3.05) is 11.9 Å². The molecule has 8 heteroatoms. The number of rotatable bonds is 4. The van der Waals surface area contributed by atoms with E-state index in [2.05, 4.69) is 5.32 Å². The summed E-state index contributed by atoms with van der Waals surface area (Å²) in [6.07, 6.45) is 1.30. The van der Waals surface area contributed by atoms with Crippen LogP contribution in [0.15, 0.2) is 41.3 Å². The highest BCUT2D eigenvalue weighted by molar-refractivity contribution is 6.30. The van der Waals surface area contributed by atoms with Gasteiger partial charge in [0, 0.05) is 23.5 Å². The largest absolute Gasteiger partial charge is 0.489 e. The Balaban J connectivity index is 1.88. The number of nitrogens with one attached hydrogen (secondary N) is 1. The number of carboxylic acids is 1. The van der Waals surface area contributed by atoms with Crippen LogP contribution in [0.4, 0.5) is 10.1 Å². The molecule has 1 aliphatic rings. The second-order valence-electron chi connectivity index (χ2n) is 6.67. The Bertz CT molecular complexity index is 1180. The van der Waals surface area contributed by atoms with Crippen LogP contribution in [-0.2, 0) is 6.54 Å². The minimum atomic E-state index is -1.34. The Kier molecular flexibility index (Phi) is 4.47. The Morgan fingerprint density at radius 1 is 1.43 bits per heavy atom. The van der Waals surface area contributed by atoms with Crippen LogP contribution >= 0.6 is 11.6 Å². The molecule has 3 aromatic rings. The third-order valence-electron chi connectivity index (χ3n) is 4.79. The van der Waals surface area contributed by atoms with Gasteiger partial charge in [0.1, 0.15) is 18.0 Å².